The molecule has 0 spiro atoms. The van der Waals surface area contributed by atoms with Crippen LogP contribution in [0.25, 0.3) is 0 Å². The molecule has 0 aliphatic carbocycles. The monoisotopic (exact) mass is 358 g/mol. The minimum Gasteiger partial charge on any atom is -0.352 e. The molecule has 0 unspecified atom stereocenters. The van der Waals surface area contributed by atoms with E-state index in [9.17, 15) is 4.39 Å². The van der Waals surface area contributed by atoms with Crippen molar-refractivity contribution >= 4 is 50.5 Å². The number of anilines is 2. The van der Waals surface area contributed by atoms with Crippen molar-refractivity contribution in [3.05, 3.63) is 56.2 Å². The summed E-state index contributed by atoms with van der Waals surface area (Å²) in [7, 11) is 0. The molecule has 0 heterocycles. The molecule has 0 fully saturated rings. The number of rotatable bonds is 2. The molecule has 0 aromatic heterocycles. The molecule has 2 nitrogen and oxygen atoms in total. The number of benzene rings is 2. The Bertz CT molecular complexity index is 683. The maximum Gasteiger partial charge on any atom is 0.162 e. The molecule has 6 heteroatoms. The number of nitriles is 1. The van der Waals surface area contributed by atoms with Gasteiger partial charge in [-0.1, -0.05) is 23.2 Å². The highest BCUT2D eigenvalue weighted by Gasteiger charge is 2.12. The van der Waals surface area contributed by atoms with E-state index in [0.29, 0.717) is 15.7 Å². The Labute approximate surface area is 127 Å². The Hall–Kier alpha value is -1.28. The van der Waals surface area contributed by atoms with Crippen LogP contribution in [0.5, 0.6) is 0 Å². The fourth-order valence-corrected chi connectivity index (χ4v) is 2.36. The van der Waals surface area contributed by atoms with Crippen molar-refractivity contribution in [3.63, 3.8) is 0 Å². The van der Waals surface area contributed by atoms with E-state index in [1.165, 1.54) is 12.1 Å². The molecule has 19 heavy (non-hydrogen) atoms. The second kappa shape index (κ2) is 5.79. The third-order valence-corrected chi connectivity index (χ3v) is 3.73. The van der Waals surface area contributed by atoms with Gasteiger partial charge in [0, 0.05) is 5.02 Å². The molecule has 0 atom stereocenters. The topological polar surface area (TPSA) is 35.8 Å². The van der Waals surface area contributed by atoms with E-state index < -0.39 is 5.82 Å². The van der Waals surface area contributed by atoms with E-state index in [4.69, 9.17) is 28.5 Å². The van der Waals surface area contributed by atoms with Gasteiger partial charge in [0.05, 0.1) is 26.4 Å². The second-order valence-electron chi connectivity index (χ2n) is 3.65. The lowest BCUT2D eigenvalue weighted by Gasteiger charge is -2.11. The van der Waals surface area contributed by atoms with Crippen LogP contribution in [0, 0.1) is 17.1 Å². The van der Waals surface area contributed by atoms with Gasteiger partial charge in [0.25, 0.3) is 0 Å². The highest BCUT2D eigenvalue weighted by Crippen LogP contribution is 2.32. The van der Waals surface area contributed by atoms with Crippen LogP contribution in [0.1, 0.15) is 5.56 Å². The molecule has 2 aromatic rings. The standard InChI is InChI=1S/C13H6BrCl2FN2/c14-12-7(6-18)1-3-11(13(12)17)19-10-4-2-8(15)5-9(10)16/h1-5,19H. The van der Waals surface area contributed by atoms with E-state index in [2.05, 4.69) is 21.2 Å². The third kappa shape index (κ3) is 3.01. The first-order chi connectivity index (χ1) is 9.02. The van der Waals surface area contributed by atoms with E-state index in [1.54, 1.807) is 18.2 Å². The molecule has 1 N–H and O–H groups in total. The van der Waals surface area contributed by atoms with Crippen molar-refractivity contribution in [1.29, 1.82) is 5.26 Å². The molecule has 0 radical (unpaired) electrons. The first-order valence-corrected chi connectivity index (χ1v) is 6.68. The molecule has 0 saturated heterocycles. The Morgan fingerprint density at radius 1 is 1.16 bits per heavy atom. The largest absolute Gasteiger partial charge is 0.352 e. The van der Waals surface area contributed by atoms with Crippen molar-refractivity contribution < 1.29 is 4.39 Å². The summed E-state index contributed by atoms with van der Waals surface area (Å²) >= 11 is 14.8. The van der Waals surface area contributed by atoms with Crippen molar-refractivity contribution in [2.24, 2.45) is 0 Å². The van der Waals surface area contributed by atoms with Gasteiger partial charge in [-0.3, -0.25) is 0 Å². The fourth-order valence-electron chi connectivity index (χ4n) is 1.47. The lowest BCUT2D eigenvalue weighted by molar-refractivity contribution is 0.624. The van der Waals surface area contributed by atoms with Crippen LogP contribution < -0.4 is 5.32 Å². The van der Waals surface area contributed by atoms with Crippen molar-refractivity contribution in [2.45, 2.75) is 0 Å². The normalized spacial score (nSPS) is 10.1. The number of hydrogen-bond acceptors (Lipinski definition) is 2. The Morgan fingerprint density at radius 3 is 2.47 bits per heavy atom. The summed E-state index contributed by atoms with van der Waals surface area (Å²) in [5, 5.41) is 12.5. The Balaban J connectivity index is 2.39. The van der Waals surface area contributed by atoms with Crippen LogP contribution in [0.3, 0.4) is 0 Å². The van der Waals surface area contributed by atoms with E-state index in [0.717, 1.165) is 0 Å². The van der Waals surface area contributed by atoms with Gasteiger partial charge in [0.2, 0.25) is 0 Å². The fraction of sp³-hybridized carbons (Fsp3) is 0. The zero-order chi connectivity index (χ0) is 14.0. The van der Waals surface area contributed by atoms with Crippen LogP contribution >= 0.6 is 39.1 Å². The molecule has 2 aromatic carbocycles. The summed E-state index contributed by atoms with van der Waals surface area (Å²) in [6.45, 7) is 0. The summed E-state index contributed by atoms with van der Waals surface area (Å²) < 4.78 is 14.1. The Kier molecular flexibility index (Phi) is 4.31. The van der Waals surface area contributed by atoms with Gasteiger partial charge in [-0.05, 0) is 46.3 Å². The molecule has 96 valence electrons. The molecule has 0 saturated carbocycles. The van der Waals surface area contributed by atoms with E-state index >= 15 is 0 Å². The number of halogens is 4. The molecule has 0 aliphatic rings. The average molecular weight is 360 g/mol. The van der Waals surface area contributed by atoms with Gasteiger partial charge >= 0.3 is 0 Å². The summed E-state index contributed by atoms with van der Waals surface area (Å²) in [6, 6.07) is 9.73. The maximum atomic E-state index is 14.0. The third-order valence-electron chi connectivity index (χ3n) is 2.40. The lowest BCUT2D eigenvalue weighted by Crippen LogP contribution is -1.96. The summed E-state index contributed by atoms with van der Waals surface area (Å²) in [4.78, 5) is 0. The van der Waals surface area contributed by atoms with Crippen molar-refractivity contribution in [1.82, 2.24) is 0 Å². The number of hydrogen-bond donors (Lipinski definition) is 1. The van der Waals surface area contributed by atoms with Crippen molar-refractivity contribution in [3.8, 4) is 6.07 Å². The van der Waals surface area contributed by atoms with Crippen LogP contribution in [-0.4, -0.2) is 0 Å². The quantitative estimate of drug-likeness (QED) is 0.767. The smallest absolute Gasteiger partial charge is 0.162 e. The van der Waals surface area contributed by atoms with Crippen LogP contribution in [0.4, 0.5) is 15.8 Å². The van der Waals surface area contributed by atoms with Crippen LogP contribution in [0.15, 0.2) is 34.8 Å². The van der Waals surface area contributed by atoms with E-state index in [1.807, 2.05) is 6.07 Å². The minimum absolute atomic E-state index is 0.116. The maximum absolute atomic E-state index is 14.0. The SMILES string of the molecule is N#Cc1ccc(Nc2ccc(Cl)cc2Cl)c(F)c1Br. The molecule has 0 bridgehead atoms. The van der Waals surface area contributed by atoms with Crippen LogP contribution in [0.2, 0.25) is 10.0 Å². The summed E-state index contributed by atoms with van der Waals surface area (Å²) in [5.74, 6) is -0.551. The highest BCUT2D eigenvalue weighted by atomic mass is 79.9. The highest BCUT2D eigenvalue weighted by molar-refractivity contribution is 9.10. The molecular formula is C13H6BrCl2FN2. The minimum atomic E-state index is -0.551. The predicted octanol–water partition coefficient (Wildman–Crippen LogP) is 5.51. The van der Waals surface area contributed by atoms with Gasteiger partial charge in [-0.25, -0.2) is 4.39 Å². The molecular weight excluding hydrogens is 354 g/mol. The second-order valence-corrected chi connectivity index (χ2v) is 5.29. The lowest BCUT2D eigenvalue weighted by atomic mass is 10.2. The van der Waals surface area contributed by atoms with Gasteiger partial charge in [-0.15, -0.1) is 0 Å². The summed E-state index contributed by atoms with van der Waals surface area (Å²) in [5.41, 5.74) is 0.974. The zero-order valence-electron chi connectivity index (χ0n) is 9.35. The first-order valence-electron chi connectivity index (χ1n) is 5.13. The van der Waals surface area contributed by atoms with Gasteiger partial charge < -0.3 is 5.32 Å². The molecule has 2 rings (SSSR count). The molecule has 0 amide bonds. The van der Waals surface area contributed by atoms with E-state index in [-0.39, 0.29) is 15.7 Å². The Morgan fingerprint density at radius 2 is 1.84 bits per heavy atom. The number of nitrogens with zero attached hydrogens (tertiary/aromatic N) is 1. The van der Waals surface area contributed by atoms with Gasteiger partial charge in [0.15, 0.2) is 5.82 Å². The molecule has 0 aliphatic heterocycles. The predicted molar refractivity (Wildman–Crippen MR) is 78.6 cm³/mol. The average Bonchev–Trinajstić information content (AvgIpc) is 2.38. The van der Waals surface area contributed by atoms with Gasteiger partial charge in [-0.2, -0.15) is 5.26 Å². The van der Waals surface area contributed by atoms with Gasteiger partial charge in [0.1, 0.15) is 6.07 Å². The zero-order valence-corrected chi connectivity index (χ0v) is 12.4. The first kappa shape index (κ1) is 14.1. The van der Waals surface area contributed by atoms with Crippen molar-refractivity contribution in [2.75, 3.05) is 5.32 Å². The van der Waals surface area contributed by atoms with Crippen LogP contribution in [-0.2, 0) is 0 Å². The number of nitrogens with one attached hydrogen (secondary N) is 1. The summed E-state index contributed by atoms with van der Waals surface area (Å²) in [6.07, 6.45) is 0.